The van der Waals surface area contributed by atoms with Crippen molar-refractivity contribution in [3.63, 3.8) is 0 Å². The number of benzene rings is 2. The van der Waals surface area contributed by atoms with Crippen molar-refractivity contribution in [3.05, 3.63) is 82.9 Å². The van der Waals surface area contributed by atoms with E-state index in [-0.39, 0.29) is 36.3 Å². The Morgan fingerprint density at radius 3 is 2.26 bits per heavy atom. The van der Waals surface area contributed by atoms with Gasteiger partial charge in [-0.05, 0) is 50.5 Å². The maximum absolute atomic E-state index is 13.7. The third-order valence-corrected chi connectivity index (χ3v) is 6.77. The molecule has 2 heterocycles. The Morgan fingerprint density at radius 1 is 1.00 bits per heavy atom. The van der Waals surface area contributed by atoms with E-state index in [9.17, 15) is 14.4 Å². The summed E-state index contributed by atoms with van der Waals surface area (Å²) in [6, 6.07) is 15.4. The Balaban J connectivity index is 1.50. The van der Waals surface area contributed by atoms with E-state index in [4.69, 9.17) is 4.74 Å². The zero-order chi connectivity index (χ0) is 27.3. The predicted molar refractivity (Wildman–Crippen MR) is 144 cm³/mol. The van der Waals surface area contributed by atoms with Gasteiger partial charge in [-0.3, -0.25) is 14.4 Å². The summed E-state index contributed by atoms with van der Waals surface area (Å²) in [5.41, 5.74) is 2.15. The first-order chi connectivity index (χ1) is 18.3. The van der Waals surface area contributed by atoms with Gasteiger partial charge in [0.2, 0.25) is 5.91 Å². The first kappa shape index (κ1) is 26.9. The summed E-state index contributed by atoms with van der Waals surface area (Å²) < 4.78 is 7.07. The fraction of sp³-hybridized carbons (Fsp3) is 0.379. The first-order valence-electron chi connectivity index (χ1n) is 13.0. The number of imidazole rings is 1. The second-order valence-electron chi connectivity index (χ2n) is 9.73. The number of ether oxygens (including phenoxy) is 1. The molecule has 0 aliphatic carbocycles. The Morgan fingerprint density at radius 2 is 1.63 bits per heavy atom. The summed E-state index contributed by atoms with van der Waals surface area (Å²) in [7, 11) is 0. The van der Waals surface area contributed by atoms with Gasteiger partial charge in [-0.1, -0.05) is 48.9 Å². The topological polar surface area (TPSA) is 106 Å². The number of fused-ring (bicyclic) bond motifs is 1. The number of nitrogens with zero attached hydrogens (tertiary/aromatic N) is 3. The molecule has 0 spiro atoms. The number of hydrogen-bond acceptors (Lipinski definition) is 5. The fourth-order valence-corrected chi connectivity index (χ4v) is 4.64. The van der Waals surface area contributed by atoms with Crippen LogP contribution in [0.2, 0.25) is 0 Å². The van der Waals surface area contributed by atoms with Crippen LogP contribution in [0, 0.1) is 6.92 Å². The van der Waals surface area contributed by atoms with Gasteiger partial charge in [0, 0.05) is 19.6 Å². The molecule has 3 amide bonds. The number of carbonyl (C=O) groups is 3. The van der Waals surface area contributed by atoms with Crippen LogP contribution in [0.4, 0.5) is 0 Å². The lowest BCUT2D eigenvalue weighted by molar-refractivity contribution is -0.133. The van der Waals surface area contributed by atoms with Gasteiger partial charge in [0.25, 0.3) is 11.8 Å². The van der Waals surface area contributed by atoms with Gasteiger partial charge in [-0.2, -0.15) is 0 Å². The van der Waals surface area contributed by atoms with Crippen molar-refractivity contribution in [1.82, 2.24) is 25.1 Å². The molecule has 1 atom stereocenters. The molecule has 0 bridgehead atoms. The van der Waals surface area contributed by atoms with Gasteiger partial charge in [-0.15, -0.1) is 0 Å². The molecule has 38 heavy (non-hydrogen) atoms. The molecular weight excluding hydrogens is 482 g/mol. The molecule has 1 aliphatic rings. The molecule has 3 aromatic rings. The number of amides is 3. The molecule has 1 aromatic heterocycles. The average Bonchev–Trinajstić information content (AvgIpc) is 3.34. The molecule has 0 fully saturated rings. The second kappa shape index (κ2) is 11.5. The third kappa shape index (κ3) is 5.56. The molecule has 0 unspecified atom stereocenters. The summed E-state index contributed by atoms with van der Waals surface area (Å²) in [6.45, 7) is 9.45. The summed E-state index contributed by atoms with van der Waals surface area (Å²) in [5, 5.41) is 5.84. The molecule has 9 heteroatoms. The van der Waals surface area contributed by atoms with Gasteiger partial charge in [0.1, 0.15) is 17.0 Å². The van der Waals surface area contributed by atoms with E-state index in [2.05, 4.69) is 15.6 Å². The van der Waals surface area contributed by atoms with E-state index in [1.165, 1.54) is 6.33 Å². The number of aromatic nitrogens is 2. The van der Waals surface area contributed by atoms with Crippen LogP contribution in [-0.4, -0.2) is 50.9 Å². The molecule has 9 nitrogen and oxygen atoms in total. The van der Waals surface area contributed by atoms with Gasteiger partial charge in [0.05, 0.1) is 19.5 Å². The Hall–Kier alpha value is -4.14. The molecule has 0 radical (unpaired) electrons. The standard InChI is InChI=1S/C29H35N5O4/c1-5-15-34-27(36)25-24(26(35)30-16-22-11-13-23(14-12-22)38-6-2)32-19-33(25)18-29(34,4)28(37)31-17-21-9-7-20(3)8-10-21/h7-14,19H,5-6,15-18H2,1-4H3,(H,30,35)(H,31,37)/t29-/m0/s1. The summed E-state index contributed by atoms with van der Waals surface area (Å²) in [5.74, 6) is -0.307. The van der Waals surface area contributed by atoms with Crippen LogP contribution in [0.3, 0.4) is 0 Å². The molecule has 4 rings (SSSR count). The van der Waals surface area contributed by atoms with Crippen molar-refractivity contribution in [3.8, 4) is 5.75 Å². The fourth-order valence-electron chi connectivity index (χ4n) is 4.64. The summed E-state index contributed by atoms with van der Waals surface area (Å²) in [4.78, 5) is 46.0. The number of carbonyl (C=O) groups excluding carboxylic acids is 3. The van der Waals surface area contributed by atoms with Crippen molar-refractivity contribution in [2.45, 2.75) is 59.3 Å². The Kier molecular flexibility index (Phi) is 8.14. The van der Waals surface area contributed by atoms with Crippen LogP contribution in [0.5, 0.6) is 5.75 Å². The predicted octanol–water partition coefficient (Wildman–Crippen LogP) is 3.46. The van der Waals surface area contributed by atoms with Crippen LogP contribution in [0.1, 0.15) is 64.9 Å². The van der Waals surface area contributed by atoms with Gasteiger partial charge in [0.15, 0.2) is 5.69 Å². The molecule has 2 aromatic carbocycles. The van der Waals surface area contributed by atoms with E-state index in [1.807, 2.05) is 69.3 Å². The maximum Gasteiger partial charge on any atom is 0.273 e. The summed E-state index contributed by atoms with van der Waals surface area (Å²) in [6.07, 6.45) is 2.13. The number of hydrogen-bond donors (Lipinski definition) is 2. The van der Waals surface area contributed by atoms with E-state index in [0.717, 1.165) is 22.4 Å². The number of nitrogens with one attached hydrogen (secondary N) is 2. The highest BCUT2D eigenvalue weighted by Gasteiger charge is 2.48. The SMILES string of the molecule is CCCN1C(=O)c2c(C(=O)NCc3ccc(OCC)cc3)ncn2C[C@@]1(C)C(=O)NCc1ccc(C)cc1. The molecule has 2 N–H and O–H groups in total. The lowest BCUT2D eigenvalue weighted by Gasteiger charge is -2.43. The monoisotopic (exact) mass is 517 g/mol. The van der Waals surface area contributed by atoms with Crippen LogP contribution in [0.15, 0.2) is 54.9 Å². The number of aryl methyl sites for hydroxylation is 1. The van der Waals surface area contributed by atoms with Gasteiger partial charge in [-0.25, -0.2) is 4.98 Å². The van der Waals surface area contributed by atoms with E-state index >= 15 is 0 Å². The molecular formula is C29H35N5O4. The highest BCUT2D eigenvalue weighted by molar-refractivity contribution is 6.07. The van der Waals surface area contributed by atoms with Crippen LogP contribution in [0.25, 0.3) is 0 Å². The molecule has 1 aliphatic heterocycles. The van der Waals surface area contributed by atoms with Crippen molar-refractivity contribution < 1.29 is 19.1 Å². The van der Waals surface area contributed by atoms with Crippen LogP contribution < -0.4 is 15.4 Å². The Bertz CT molecular complexity index is 1300. The molecule has 200 valence electrons. The van der Waals surface area contributed by atoms with Crippen molar-refractivity contribution >= 4 is 17.7 Å². The third-order valence-electron chi connectivity index (χ3n) is 6.77. The quantitative estimate of drug-likeness (QED) is 0.429. The minimum Gasteiger partial charge on any atom is -0.494 e. The van der Waals surface area contributed by atoms with E-state index < -0.39 is 11.4 Å². The zero-order valence-corrected chi connectivity index (χ0v) is 22.4. The second-order valence-corrected chi connectivity index (χ2v) is 9.73. The van der Waals surface area contributed by atoms with Crippen molar-refractivity contribution in [2.24, 2.45) is 0 Å². The Labute approximate surface area is 223 Å². The average molecular weight is 518 g/mol. The largest absolute Gasteiger partial charge is 0.494 e. The molecule has 0 saturated carbocycles. The highest BCUT2D eigenvalue weighted by atomic mass is 16.5. The number of rotatable bonds is 10. The smallest absolute Gasteiger partial charge is 0.273 e. The normalized spacial score (nSPS) is 16.6. The van der Waals surface area contributed by atoms with E-state index in [1.54, 1.807) is 16.4 Å². The van der Waals surface area contributed by atoms with Crippen molar-refractivity contribution in [1.29, 1.82) is 0 Å². The van der Waals surface area contributed by atoms with Gasteiger partial charge >= 0.3 is 0 Å². The summed E-state index contributed by atoms with van der Waals surface area (Å²) >= 11 is 0. The minimum atomic E-state index is -1.12. The lowest BCUT2D eigenvalue weighted by Crippen LogP contribution is -2.64. The molecule has 0 saturated heterocycles. The maximum atomic E-state index is 13.7. The highest BCUT2D eigenvalue weighted by Crippen LogP contribution is 2.29. The van der Waals surface area contributed by atoms with Crippen LogP contribution >= 0.6 is 0 Å². The van der Waals surface area contributed by atoms with E-state index in [0.29, 0.717) is 26.1 Å². The minimum absolute atomic E-state index is 0.0594. The first-order valence-corrected chi connectivity index (χ1v) is 13.0. The van der Waals surface area contributed by atoms with Crippen molar-refractivity contribution in [2.75, 3.05) is 13.2 Å². The van der Waals surface area contributed by atoms with Gasteiger partial charge < -0.3 is 24.8 Å². The van der Waals surface area contributed by atoms with Crippen LogP contribution in [-0.2, 0) is 24.4 Å². The zero-order valence-electron chi connectivity index (χ0n) is 22.4. The lowest BCUT2D eigenvalue weighted by atomic mass is 9.93.